The van der Waals surface area contributed by atoms with E-state index < -0.39 is 11.8 Å². The monoisotopic (exact) mass is 481 g/mol. The predicted molar refractivity (Wildman–Crippen MR) is 121 cm³/mol. The van der Waals surface area contributed by atoms with Gasteiger partial charge in [-0.1, -0.05) is 46.3 Å². The lowest BCUT2D eigenvalue weighted by molar-refractivity contribution is 0.0464. The van der Waals surface area contributed by atoms with Crippen molar-refractivity contribution >= 4 is 26.8 Å². The van der Waals surface area contributed by atoms with Crippen LogP contribution in [0.25, 0.3) is 22.2 Å². The maximum absolute atomic E-state index is 13.3. The van der Waals surface area contributed by atoms with Crippen LogP contribution in [-0.2, 0) is 25.4 Å². The van der Waals surface area contributed by atoms with Crippen molar-refractivity contribution in [1.29, 1.82) is 0 Å². The Morgan fingerprint density at radius 3 is 2.55 bits per heavy atom. The summed E-state index contributed by atoms with van der Waals surface area (Å²) in [6, 6.07) is 14.8. The van der Waals surface area contributed by atoms with Crippen molar-refractivity contribution < 1.29 is 9.84 Å². The maximum atomic E-state index is 13.3. The minimum absolute atomic E-state index is 0.0890. The van der Waals surface area contributed by atoms with Gasteiger partial charge in [-0.25, -0.2) is 4.79 Å². The van der Waals surface area contributed by atoms with Gasteiger partial charge >= 0.3 is 5.69 Å². The van der Waals surface area contributed by atoms with E-state index >= 15 is 0 Å². The van der Waals surface area contributed by atoms with Gasteiger partial charge in [-0.05, 0) is 23.8 Å². The number of fused-ring (bicyclic) bond motifs is 3. The van der Waals surface area contributed by atoms with E-state index in [-0.39, 0.29) is 11.3 Å². The molecule has 5 rings (SSSR count). The number of aryl methyl sites for hydroxylation is 1. The Morgan fingerprint density at radius 2 is 1.81 bits per heavy atom. The quantitative estimate of drug-likeness (QED) is 0.476. The van der Waals surface area contributed by atoms with E-state index in [0.29, 0.717) is 35.3 Å². The summed E-state index contributed by atoms with van der Waals surface area (Å²) in [4.78, 5) is 26.1. The Labute approximate surface area is 185 Å². The number of phenolic OH excluding ortho intramolecular Hbond substituents is 1. The Hall–Kier alpha value is -3.10. The molecule has 1 N–H and O–H groups in total. The zero-order valence-corrected chi connectivity index (χ0v) is 18.6. The number of hydrogen-bond donors (Lipinski definition) is 1. The second kappa shape index (κ2) is 7.25. The molecule has 158 valence electrons. The molecule has 31 heavy (non-hydrogen) atoms. The Kier molecular flexibility index (Phi) is 4.64. The van der Waals surface area contributed by atoms with Crippen LogP contribution in [0.2, 0.25) is 0 Å². The van der Waals surface area contributed by atoms with Crippen LogP contribution in [0.5, 0.6) is 5.75 Å². The summed E-state index contributed by atoms with van der Waals surface area (Å²) >= 11 is 3.46. The van der Waals surface area contributed by atoms with Gasteiger partial charge in [0.1, 0.15) is 11.9 Å². The molecular weight excluding hydrogens is 462 g/mol. The number of aromatic hydroxyl groups is 1. The molecule has 7 nitrogen and oxygen atoms in total. The zero-order chi connectivity index (χ0) is 21.9. The molecule has 1 unspecified atom stereocenters. The van der Waals surface area contributed by atoms with E-state index in [1.165, 1.54) is 11.6 Å². The Morgan fingerprint density at radius 1 is 1.06 bits per heavy atom. The van der Waals surface area contributed by atoms with Crippen LogP contribution in [0.4, 0.5) is 0 Å². The molecule has 4 aromatic rings. The van der Waals surface area contributed by atoms with Crippen LogP contribution in [0.3, 0.4) is 0 Å². The van der Waals surface area contributed by atoms with Crippen molar-refractivity contribution in [3.63, 3.8) is 0 Å². The molecule has 3 heterocycles. The van der Waals surface area contributed by atoms with Crippen LogP contribution in [0, 0.1) is 0 Å². The van der Waals surface area contributed by atoms with Crippen molar-refractivity contribution in [2.24, 2.45) is 14.1 Å². The number of halogens is 1. The molecule has 0 aliphatic carbocycles. The fraction of sp³-hybridized carbons (Fsp3) is 0.217. The van der Waals surface area contributed by atoms with E-state index in [0.717, 1.165) is 20.3 Å². The average molecular weight is 482 g/mol. The number of rotatable bonds is 2. The Balaban J connectivity index is 1.97. The summed E-state index contributed by atoms with van der Waals surface area (Å²) in [7, 11) is 3.15. The first-order valence-corrected chi connectivity index (χ1v) is 10.7. The van der Waals surface area contributed by atoms with Crippen LogP contribution in [0.1, 0.15) is 17.4 Å². The molecule has 1 aliphatic heterocycles. The van der Waals surface area contributed by atoms with Gasteiger partial charge in [0.25, 0.3) is 5.56 Å². The van der Waals surface area contributed by atoms with Gasteiger partial charge in [0.05, 0.1) is 28.9 Å². The van der Waals surface area contributed by atoms with Gasteiger partial charge < -0.3 is 14.4 Å². The Bertz CT molecular complexity index is 1450. The summed E-state index contributed by atoms with van der Waals surface area (Å²) in [5.74, 6) is 0.0890. The van der Waals surface area contributed by atoms with E-state index in [2.05, 4.69) is 20.5 Å². The van der Waals surface area contributed by atoms with Crippen LogP contribution in [0.15, 0.2) is 62.6 Å². The van der Waals surface area contributed by atoms with Crippen molar-refractivity contribution in [3.8, 4) is 17.0 Å². The van der Waals surface area contributed by atoms with Crippen LogP contribution < -0.4 is 11.2 Å². The topological polar surface area (TPSA) is 78.4 Å². The second-order valence-electron chi connectivity index (χ2n) is 7.63. The summed E-state index contributed by atoms with van der Waals surface area (Å²) in [6.45, 7) is 0.926. The summed E-state index contributed by atoms with van der Waals surface area (Å²) in [5, 5.41) is 11.1. The highest BCUT2D eigenvalue weighted by Gasteiger charge is 2.34. The molecule has 1 atom stereocenters. The lowest BCUT2D eigenvalue weighted by Crippen LogP contribution is -2.37. The van der Waals surface area contributed by atoms with Crippen LogP contribution >= 0.6 is 15.9 Å². The second-order valence-corrected chi connectivity index (χ2v) is 8.55. The molecule has 2 aromatic heterocycles. The first-order valence-electron chi connectivity index (χ1n) is 9.87. The first kappa shape index (κ1) is 19.8. The molecule has 8 heteroatoms. The molecule has 0 radical (unpaired) electrons. The molecule has 0 amide bonds. The highest BCUT2D eigenvalue weighted by atomic mass is 79.9. The van der Waals surface area contributed by atoms with E-state index in [1.54, 1.807) is 25.2 Å². The molecule has 0 bridgehead atoms. The third-order valence-corrected chi connectivity index (χ3v) is 6.36. The van der Waals surface area contributed by atoms with Crippen molar-refractivity contribution in [3.05, 3.63) is 85.1 Å². The summed E-state index contributed by atoms with van der Waals surface area (Å²) in [5.41, 5.74) is 2.66. The molecule has 0 saturated heterocycles. The standard InChI is InChI=1S/C23H20BrN3O4/c1-25-19-17(22(29)26(2)23(25)30)18(13-6-4-3-5-7-13)27-10-11-31-21(20(19)27)15-12-14(24)8-9-16(15)28/h3-9,12,21,28H,10-11H2,1-2H3. The van der Waals surface area contributed by atoms with Gasteiger partial charge in [0.2, 0.25) is 0 Å². The molecule has 0 spiro atoms. The first-order chi connectivity index (χ1) is 14.9. The molecule has 1 aliphatic rings. The predicted octanol–water partition coefficient (Wildman–Crippen LogP) is 3.29. The maximum Gasteiger partial charge on any atom is 0.331 e. The van der Waals surface area contributed by atoms with Crippen molar-refractivity contribution in [2.75, 3.05) is 6.61 Å². The summed E-state index contributed by atoms with van der Waals surface area (Å²) in [6.07, 6.45) is -0.635. The molecule has 0 saturated carbocycles. The average Bonchev–Trinajstić information content (AvgIpc) is 3.14. The van der Waals surface area contributed by atoms with E-state index in [9.17, 15) is 14.7 Å². The number of phenols is 1. The fourth-order valence-corrected chi connectivity index (χ4v) is 4.83. The third-order valence-electron chi connectivity index (χ3n) is 5.87. The third kappa shape index (κ3) is 2.90. The number of benzene rings is 2. The van der Waals surface area contributed by atoms with E-state index in [1.807, 2.05) is 30.3 Å². The minimum atomic E-state index is -0.635. The summed E-state index contributed by atoms with van der Waals surface area (Å²) < 4.78 is 11.6. The van der Waals surface area contributed by atoms with Gasteiger partial charge in [-0.15, -0.1) is 0 Å². The van der Waals surface area contributed by atoms with Gasteiger partial charge in [0, 0.05) is 30.7 Å². The smallest absolute Gasteiger partial charge is 0.331 e. The molecule has 2 aromatic carbocycles. The minimum Gasteiger partial charge on any atom is -0.508 e. The van der Waals surface area contributed by atoms with Gasteiger partial charge in [-0.2, -0.15) is 0 Å². The van der Waals surface area contributed by atoms with E-state index in [4.69, 9.17) is 4.74 Å². The van der Waals surface area contributed by atoms with Gasteiger partial charge in [0.15, 0.2) is 0 Å². The molecular formula is C23H20BrN3O4. The fourth-order valence-electron chi connectivity index (χ4n) is 4.45. The highest BCUT2D eigenvalue weighted by Crippen LogP contribution is 2.43. The number of hydrogen-bond acceptors (Lipinski definition) is 4. The van der Waals surface area contributed by atoms with Gasteiger partial charge in [-0.3, -0.25) is 13.9 Å². The largest absolute Gasteiger partial charge is 0.508 e. The molecule has 0 fully saturated rings. The van der Waals surface area contributed by atoms with Crippen LogP contribution in [-0.4, -0.2) is 25.4 Å². The lowest BCUT2D eigenvalue weighted by atomic mass is 10.0. The SMILES string of the molecule is Cn1c(=O)c2c(-c3ccccc3)n3c(c2n(C)c1=O)C(c1cc(Br)ccc1O)OCC3. The highest BCUT2D eigenvalue weighted by molar-refractivity contribution is 9.10. The number of ether oxygens (including phenoxy) is 1. The number of nitrogens with zero attached hydrogens (tertiary/aromatic N) is 3. The van der Waals surface area contributed by atoms with Crippen molar-refractivity contribution in [1.82, 2.24) is 13.7 Å². The zero-order valence-electron chi connectivity index (χ0n) is 17.0. The number of aromatic nitrogens is 3. The lowest BCUT2D eigenvalue weighted by Gasteiger charge is -2.28. The normalized spacial score (nSPS) is 15.9. The van der Waals surface area contributed by atoms with Crippen molar-refractivity contribution in [2.45, 2.75) is 12.6 Å².